The summed E-state index contributed by atoms with van der Waals surface area (Å²) in [6, 6.07) is 8.28. The van der Waals surface area contributed by atoms with Crippen molar-refractivity contribution in [3.05, 3.63) is 62.4 Å². The van der Waals surface area contributed by atoms with Crippen LogP contribution >= 0.6 is 0 Å². The van der Waals surface area contributed by atoms with E-state index in [0.29, 0.717) is 0 Å². The largest absolute Gasteiger partial charge is 2.00 e. The van der Waals surface area contributed by atoms with Gasteiger partial charge in [0.25, 0.3) is 0 Å². The van der Waals surface area contributed by atoms with Gasteiger partial charge in [-0.1, -0.05) is 82.0 Å². The Morgan fingerprint density at radius 3 is 1.35 bits per heavy atom. The average molecular weight is 368 g/mol. The molecule has 0 amide bonds. The molecule has 128 valence electrons. The van der Waals surface area contributed by atoms with E-state index in [4.69, 9.17) is 0 Å². The van der Waals surface area contributed by atoms with Crippen molar-refractivity contribution in [3.8, 4) is 0 Å². The van der Waals surface area contributed by atoms with E-state index in [1.165, 1.54) is 36.8 Å². The summed E-state index contributed by atoms with van der Waals surface area (Å²) >= 11 is 0. The maximum absolute atomic E-state index is 3.90. The van der Waals surface area contributed by atoms with Crippen LogP contribution in [0.15, 0.2) is 37.4 Å². The molecule has 0 bridgehead atoms. The van der Waals surface area contributed by atoms with E-state index in [1.807, 2.05) is 19.9 Å². The quantitative estimate of drug-likeness (QED) is 0.281. The first-order chi connectivity index (χ1) is 10.5. The van der Waals surface area contributed by atoms with Crippen LogP contribution in [-0.4, -0.2) is 0 Å². The number of benzene rings is 1. The molecule has 0 nitrogen and oxygen atoms in total. The first-order valence-electron chi connectivity index (χ1n) is 8.36. The molecule has 0 fully saturated rings. The molecule has 0 atom stereocenters. The van der Waals surface area contributed by atoms with Gasteiger partial charge in [0.1, 0.15) is 0 Å². The summed E-state index contributed by atoms with van der Waals surface area (Å²) in [7, 11) is 0. The van der Waals surface area contributed by atoms with Gasteiger partial charge in [0.2, 0.25) is 0 Å². The van der Waals surface area contributed by atoms with Crippen molar-refractivity contribution in [2.24, 2.45) is 0 Å². The molecule has 1 aromatic carbocycles. The van der Waals surface area contributed by atoms with Crippen molar-refractivity contribution < 1.29 is 19.5 Å². The Morgan fingerprint density at radius 1 is 0.826 bits per heavy atom. The Hall–Kier alpha value is -0.677. The van der Waals surface area contributed by atoms with Gasteiger partial charge < -0.3 is 13.8 Å². The van der Waals surface area contributed by atoms with E-state index < -0.39 is 0 Å². The van der Waals surface area contributed by atoms with E-state index in [-0.39, 0.29) is 19.5 Å². The maximum Gasteiger partial charge on any atom is 2.00 e. The molecule has 0 spiro atoms. The minimum absolute atomic E-state index is 0. The standard InChI is InChI=1S/C12H14.C6H14.2C2H5.Zn/c1-9(2)11-6-5-7-12(8-11)10(3)4;1-3-5-6-4-2;2*1-2;/h5-8H,1,3H2,2,4H3;3-6H2,1-2H3;2*1H2,2H3;/q;;2*-1;+2. The molecular weight excluding hydrogens is 330 g/mol. The summed E-state index contributed by atoms with van der Waals surface area (Å²) in [5.41, 5.74) is 4.57. The molecular formula is C22H38Zn. The molecule has 0 aromatic heterocycles. The van der Waals surface area contributed by atoms with Gasteiger partial charge in [-0.05, 0) is 31.0 Å². The second-order valence-electron chi connectivity index (χ2n) is 4.85. The van der Waals surface area contributed by atoms with Crippen molar-refractivity contribution in [2.75, 3.05) is 0 Å². The fourth-order valence-electron chi connectivity index (χ4n) is 1.55. The summed E-state index contributed by atoms with van der Waals surface area (Å²) < 4.78 is 0. The summed E-state index contributed by atoms with van der Waals surface area (Å²) in [5, 5.41) is 0. The van der Waals surface area contributed by atoms with Crippen LogP contribution in [0.3, 0.4) is 0 Å². The second kappa shape index (κ2) is 23.6. The number of allylic oxidation sites excluding steroid dienone is 2. The summed E-state index contributed by atoms with van der Waals surface area (Å²) in [5.74, 6) is 0. The molecule has 0 aliphatic rings. The van der Waals surface area contributed by atoms with Gasteiger partial charge in [0, 0.05) is 0 Å². The molecule has 1 rings (SSSR count). The third-order valence-corrected chi connectivity index (χ3v) is 2.81. The topological polar surface area (TPSA) is 0 Å². The SMILES string of the molecule is C=C(C)c1cccc(C(=C)C)c1.CCCCCC.[CH2-]C.[CH2-]C.[Zn+2]. The van der Waals surface area contributed by atoms with Gasteiger partial charge in [-0.25, -0.2) is 0 Å². The number of unbranched alkanes of at least 4 members (excludes halogenated alkanes) is 3. The zero-order chi connectivity index (χ0) is 18.0. The van der Waals surface area contributed by atoms with Gasteiger partial charge in [-0.15, -0.1) is 0 Å². The van der Waals surface area contributed by atoms with E-state index in [2.05, 4.69) is 59.1 Å². The smallest absolute Gasteiger partial charge is 0.346 e. The molecule has 0 unspecified atom stereocenters. The molecule has 23 heavy (non-hydrogen) atoms. The molecule has 0 aliphatic heterocycles. The van der Waals surface area contributed by atoms with Crippen molar-refractivity contribution in [1.29, 1.82) is 0 Å². The predicted molar refractivity (Wildman–Crippen MR) is 108 cm³/mol. The zero-order valence-electron chi connectivity index (χ0n) is 16.7. The number of hydrogen-bond acceptors (Lipinski definition) is 0. The van der Waals surface area contributed by atoms with Crippen LogP contribution in [-0.2, 0) is 19.5 Å². The van der Waals surface area contributed by atoms with Crippen LogP contribution in [0, 0.1) is 13.8 Å². The third-order valence-electron chi connectivity index (χ3n) is 2.81. The molecule has 1 heteroatoms. The van der Waals surface area contributed by atoms with Crippen LogP contribution in [0.2, 0.25) is 0 Å². The Bertz CT molecular complexity index is 344. The van der Waals surface area contributed by atoms with Crippen LogP contribution < -0.4 is 0 Å². The van der Waals surface area contributed by atoms with Crippen molar-refractivity contribution in [2.45, 2.75) is 67.2 Å². The Balaban J connectivity index is -0.000000141. The van der Waals surface area contributed by atoms with Gasteiger partial charge in [0.15, 0.2) is 0 Å². The van der Waals surface area contributed by atoms with Crippen LogP contribution in [0.4, 0.5) is 0 Å². The third kappa shape index (κ3) is 19.3. The molecule has 0 radical (unpaired) electrons. The maximum atomic E-state index is 3.90. The van der Waals surface area contributed by atoms with Gasteiger partial charge >= 0.3 is 19.5 Å². The average Bonchev–Trinajstić information content (AvgIpc) is 2.57. The molecule has 0 N–H and O–H groups in total. The van der Waals surface area contributed by atoms with E-state index in [1.54, 1.807) is 13.8 Å². The number of rotatable bonds is 5. The van der Waals surface area contributed by atoms with E-state index >= 15 is 0 Å². The molecule has 1 aromatic rings. The summed E-state index contributed by atoms with van der Waals surface area (Å²) in [4.78, 5) is 0. The van der Waals surface area contributed by atoms with Crippen molar-refractivity contribution >= 4 is 11.1 Å². The minimum atomic E-state index is 0. The fourth-order valence-corrected chi connectivity index (χ4v) is 1.55. The molecule has 0 saturated carbocycles. The van der Waals surface area contributed by atoms with Gasteiger partial charge in [-0.3, -0.25) is 0 Å². The zero-order valence-corrected chi connectivity index (χ0v) is 19.6. The first-order valence-corrected chi connectivity index (χ1v) is 8.36. The Labute approximate surface area is 160 Å². The van der Waals surface area contributed by atoms with E-state index in [0.717, 1.165) is 11.1 Å². The van der Waals surface area contributed by atoms with Gasteiger partial charge in [-0.2, -0.15) is 13.8 Å². The fraction of sp³-hybridized carbons (Fsp3) is 0.455. The molecule has 0 aliphatic carbocycles. The van der Waals surface area contributed by atoms with Gasteiger partial charge in [0.05, 0.1) is 0 Å². The van der Waals surface area contributed by atoms with Crippen molar-refractivity contribution in [3.63, 3.8) is 0 Å². The van der Waals surface area contributed by atoms with Crippen LogP contribution in [0.1, 0.15) is 78.4 Å². The first kappa shape index (κ1) is 30.2. The monoisotopic (exact) mass is 366 g/mol. The van der Waals surface area contributed by atoms with Crippen LogP contribution in [0.25, 0.3) is 11.1 Å². The predicted octanol–water partition coefficient (Wildman–Crippen LogP) is 8.02. The summed E-state index contributed by atoms with van der Waals surface area (Å²) in [6.07, 6.45) is 5.54. The normalized spacial score (nSPS) is 7.83. The number of hydrogen-bond donors (Lipinski definition) is 0. The molecule has 0 heterocycles. The Morgan fingerprint density at radius 2 is 1.13 bits per heavy atom. The van der Waals surface area contributed by atoms with E-state index in [9.17, 15) is 0 Å². The Kier molecular flexibility index (Phi) is 31.0. The summed E-state index contributed by atoms with van der Waals surface area (Å²) in [6.45, 7) is 26.3. The second-order valence-corrected chi connectivity index (χ2v) is 4.85. The van der Waals surface area contributed by atoms with Crippen LogP contribution in [0.5, 0.6) is 0 Å². The minimum Gasteiger partial charge on any atom is -0.346 e. The van der Waals surface area contributed by atoms with Crippen molar-refractivity contribution in [1.82, 2.24) is 0 Å². The molecule has 0 saturated heterocycles.